The number of carbonyl (C=O) groups excluding carboxylic acids is 1. The highest BCUT2D eigenvalue weighted by molar-refractivity contribution is 7.98. The number of ether oxygens (including phenoxy) is 1. The molecule has 6 heteroatoms. The van der Waals surface area contributed by atoms with Crippen LogP contribution in [0, 0.1) is 6.92 Å². The quantitative estimate of drug-likeness (QED) is 0.447. The number of amides is 1. The average Bonchev–Trinajstić information content (AvgIpc) is 3.11. The van der Waals surface area contributed by atoms with Crippen molar-refractivity contribution in [2.75, 3.05) is 0 Å². The van der Waals surface area contributed by atoms with Crippen LogP contribution in [0.4, 0.5) is 0 Å². The normalized spacial score (nSPS) is 12.0. The van der Waals surface area contributed by atoms with Gasteiger partial charge in [-0.25, -0.2) is 4.98 Å². The number of aromatic nitrogens is 1. The van der Waals surface area contributed by atoms with E-state index in [9.17, 15) is 4.79 Å². The lowest BCUT2D eigenvalue weighted by Crippen LogP contribution is -2.27. The first kappa shape index (κ1) is 21.4. The van der Waals surface area contributed by atoms with Crippen molar-refractivity contribution in [3.05, 3.63) is 75.7 Å². The average molecular weight is 427 g/mol. The van der Waals surface area contributed by atoms with Crippen LogP contribution in [0.15, 0.2) is 58.8 Å². The number of hydrogen-bond donors (Lipinski definition) is 1. The van der Waals surface area contributed by atoms with Gasteiger partial charge in [0.1, 0.15) is 5.75 Å². The molecular weight excluding hydrogens is 400 g/mol. The zero-order valence-corrected chi connectivity index (χ0v) is 18.8. The van der Waals surface area contributed by atoms with Crippen LogP contribution in [-0.4, -0.2) is 17.0 Å². The van der Waals surface area contributed by atoms with Crippen molar-refractivity contribution < 1.29 is 9.53 Å². The Morgan fingerprint density at radius 1 is 1.17 bits per heavy atom. The maximum atomic E-state index is 13.0. The summed E-state index contributed by atoms with van der Waals surface area (Å²) >= 11 is 3.28. The van der Waals surface area contributed by atoms with Gasteiger partial charge in [-0.05, 0) is 57.5 Å². The Bertz CT molecular complexity index is 969. The van der Waals surface area contributed by atoms with E-state index in [4.69, 9.17) is 4.74 Å². The molecule has 0 aliphatic heterocycles. The van der Waals surface area contributed by atoms with Gasteiger partial charge in [-0.2, -0.15) is 0 Å². The molecule has 0 bridgehead atoms. The van der Waals surface area contributed by atoms with Crippen LogP contribution < -0.4 is 10.1 Å². The molecule has 3 rings (SSSR count). The van der Waals surface area contributed by atoms with E-state index in [0.717, 1.165) is 32.7 Å². The summed E-state index contributed by atoms with van der Waals surface area (Å²) in [7, 11) is 0. The van der Waals surface area contributed by atoms with E-state index in [1.807, 2.05) is 76.2 Å². The molecule has 1 atom stereocenters. The van der Waals surface area contributed by atoms with Gasteiger partial charge < -0.3 is 10.1 Å². The van der Waals surface area contributed by atoms with Crippen molar-refractivity contribution in [1.29, 1.82) is 0 Å². The summed E-state index contributed by atoms with van der Waals surface area (Å²) in [6.45, 7) is 7.99. The molecular formula is C23H26N2O2S2. The van der Waals surface area contributed by atoms with Gasteiger partial charge >= 0.3 is 0 Å². The van der Waals surface area contributed by atoms with Crippen molar-refractivity contribution in [3.8, 4) is 5.75 Å². The first-order valence-corrected chi connectivity index (χ1v) is 11.5. The number of benzene rings is 2. The molecule has 1 amide bonds. The smallest absolute Gasteiger partial charge is 0.252 e. The molecule has 0 saturated heterocycles. The Kier molecular flexibility index (Phi) is 7.34. The number of nitrogens with zero attached hydrogens (tertiary/aromatic N) is 1. The Morgan fingerprint density at radius 3 is 2.69 bits per heavy atom. The fourth-order valence-corrected chi connectivity index (χ4v) is 4.55. The zero-order chi connectivity index (χ0) is 20.8. The highest BCUT2D eigenvalue weighted by Crippen LogP contribution is 2.28. The van der Waals surface area contributed by atoms with Crippen molar-refractivity contribution in [3.63, 3.8) is 0 Å². The number of thiazole rings is 1. The molecule has 3 aromatic rings. The minimum absolute atomic E-state index is 0.0785. The third kappa shape index (κ3) is 6.08. The molecule has 0 radical (unpaired) electrons. The Balaban J connectivity index is 1.69. The van der Waals surface area contributed by atoms with E-state index in [1.54, 1.807) is 23.1 Å². The van der Waals surface area contributed by atoms with Gasteiger partial charge in [0, 0.05) is 16.0 Å². The third-order valence-corrected chi connectivity index (χ3v) is 6.18. The van der Waals surface area contributed by atoms with E-state index in [1.165, 1.54) is 0 Å². The number of thioether (sulfide) groups is 1. The lowest BCUT2D eigenvalue weighted by atomic mass is 10.1. The van der Waals surface area contributed by atoms with Crippen LogP contribution in [0.5, 0.6) is 5.75 Å². The number of hydrogen-bond acceptors (Lipinski definition) is 5. The topological polar surface area (TPSA) is 51.2 Å². The van der Waals surface area contributed by atoms with E-state index in [0.29, 0.717) is 5.56 Å². The molecule has 4 nitrogen and oxygen atoms in total. The molecule has 2 aromatic carbocycles. The number of aryl methyl sites for hydroxylation is 1. The summed E-state index contributed by atoms with van der Waals surface area (Å²) in [4.78, 5) is 18.4. The minimum Gasteiger partial charge on any atom is -0.491 e. The Hall–Kier alpha value is -2.31. The van der Waals surface area contributed by atoms with Crippen LogP contribution >= 0.6 is 23.1 Å². The summed E-state index contributed by atoms with van der Waals surface area (Å²) < 4.78 is 5.77. The van der Waals surface area contributed by atoms with Crippen LogP contribution in [0.1, 0.15) is 53.4 Å². The molecule has 152 valence electrons. The number of carbonyl (C=O) groups is 1. The van der Waals surface area contributed by atoms with Crippen molar-refractivity contribution in [2.45, 2.75) is 50.5 Å². The first-order chi connectivity index (χ1) is 13.9. The number of nitrogens with one attached hydrogen (secondary N) is 1. The Labute approximate surface area is 180 Å². The predicted molar refractivity (Wildman–Crippen MR) is 121 cm³/mol. The lowest BCUT2D eigenvalue weighted by Gasteiger charge is -2.17. The van der Waals surface area contributed by atoms with E-state index in [2.05, 4.69) is 15.7 Å². The molecule has 0 aliphatic carbocycles. The van der Waals surface area contributed by atoms with Crippen molar-refractivity contribution in [1.82, 2.24) is 10.3 Å². The summed E-state index contributed by atoms with van der Waals surface area (Å²) in [6.07, 6.45) is 0.112. The summed E-state index contributed by atoms with van der Waals surface area (Å²) in [5.41, 5.74) is 2.74. The Morgan fingerprint density at radius 2 is 1.97 bits per heavy atom. The molecule has 0 fully saturated rings. The fraction of sp³-hybridized carbons (Fsp3) is 0.304. The molecule has 1 N–H and O–H groups in total. The number of rotatable bonds is 8. The predicted octanol–water partition coefficient (Wildman–Crippen LogP) is 6.02. The molecule has 29 heavy (non-hydrogen) atoms. The second-order valence-corrected chi connectivity index (χ2v) is 9.16. The summed E-state index contributed by atoms with van der Waals surface area (Å²) in [5, 5.41) is 6.24. The van der Waals surface area contributed by atoms with Crippen LogP contribution in [0.3, 0.4) is 0 Å². The first-order valence-electron chi connectivity index (χ1n) is 9.62. The highest BCUT2D eigenvalue weighted by atomic mass is 32.2. The fourth-order valence-electron chi connectivity index (χ4n) is 2.89. The molecule has 0 saturated carbocycles. The maximum Gasteiger partial charge on any atom is 0.252 e. The van der Waals surface area contributed by atoms with Crippen LogP contribution in [0.25, 0.3) is 0 Å². The SMILES string of the molecule is Cc1nc(CSc2ccccc2C(=O)NC(C)c2cccc(OC(C)C)c2)cs1. The molecule has 0 spiro atoms. The third-order valence-electron chi connectivity index (χ3n) is 4.25. The van der Waals surface area contributed by atoms with Crippen molar-refractivity contribution >= 4 is 29.0 Å². The van der Waals surface area contributed by atoms with Crippen molar-refractivity contribution in [2.24, 2.45) is 0 Å². The van der Waals surface area contributed by atoms with Gasteiger partial charge in [0.05, 0.1) is 28.4 Å². The lowest BCUT2D eigenvalue weighted by molar-refractivity contribution is 0.0936. The van der Waals surface area contributed by atoms with Gasteiger partial charge in [0.15, 0.2) is 0 Å². The monoisotopic (exact) mass is 426 g/mol. The molecule has 0 aliphatic rings. The molecule has 1 aromatic heterocycles. The van der Waals surface area contributed by atoms with E-state index >= 15 is 0 Å². The van der Waals surface area contributed by atoms with Crippen LogP contribution in [-0.2, 0) is 5.75 Å². The molecule has 1 heterocycles. The van der Waals surface area contributed by atoms with Gasteiger partial charge in [-0.1, -0.05) is 24.3 Å². The minimum atomic E-state index is -0.127. The molecule has 1 unspecified atom stereocenters. The zero-order valence-electron chi connectivity index (χ0n) is 17.1. The van der Waals surface area contributed by atoms with Gasteiger partial charge in [0.2, 0.25) is 0 Å². The van der Waals surface area contributed by atoms with E-state index in [-0.39, 0.29) is 18.1 Å². The van der Waals surface area contributed by atoms with Gasteiger partial charge in [-0.3, -0.25) is 4.79 Å². The summed E-state index contributed by atoms with van der Waals surface area (Å²) in [5.74, 6) is 1.48. The van der Waals surface area contributed by atoms with E-state index < -0.39 is 0 Å². The maximum absolute atomic E-state index is 13.0. The highest BCUT2D eigenvalue weighted by Gasteiger charge is 2.16. The van der Waals surface area contributed by atoms with Crippen LogP contribution in [0.2, 0.25) is 0 Å². The van der Waals surface area contributed by atoms with Gasteiger partial charge in [0.25, 0.3) is 5.91 Å². The van der Waals surface area contributed by atoms with Gasteiger partial charge in [-0.15, -0.1) is 23.1 Å². The second kappa shape index (κ2) is 9.94. The summed E-state index contributed by atoms with van der Waals surface area (Å²) in [6, 6.07) is 15.5. The second-order valence-electron chi connectivity index (χ2n) is 7.08. The standard InChI is InChI=1S/C23H26N2O2S2/c1-15(2)27-20-9-7-8-18(12-20)16(3)24-23(26)21-10-5-6-11-22(21)29-14-19-13-28-17(4)25-19/h5-13,15-16H,14H2,1-4H3,(H,24,26). The largest absolute Gasteiger partial charge is 0.491 e.